The number of rotatable bonds is 6. The van der Waals surface area contributed by atoms with Crippen LogP contribution in [0, 0.1) is 6.92 Å². The lowest BCUT2D eigenvalue weighted by Crippen LogP contribution is -2.33. The summed E-state index contributed by atoms with van der Waals surface area (Å²) >= 11 is 0. The first-order chi connectivity index (χ1) is 18.7. The molecular formula is C32H38N4O3. The van der Waals surface area contributed by atoms with Crippen LogP contribution in [0.5, 0.6) is 5.75 Å². The van der Waals surface area contributed by atoms with Gasteiger partial charge < -0.3 is 19.6 Å². The van der Waals surface area contributed by atoms with E-state index in [4.69, 9.17) is 14.7 Å². The van der Waals surface area contributed by atoms with Crippen molar-refractivity contribution < 1.29 is 14.6 Å². The molecule has 1 amide bonds. The number of ether oxygens (including phenoxy) is 1. The second kappa shape index (κ2) is 11.3. The third-order valence-electron chi connectivity index (χ3n) is 7.72. The van der Waals surface area contributed by atoms with Gasteiger partial charge in [0.15, 0.2) is 0 Å². The number of aromatic nitrogens is 2. The fraction of sp³-hybridized carbons (Fsp3) is 0.406. The molecule has 2 aromatic carbocycles. The summed E-state index contributed by atoms with van der Waals surface area (Å²) < 4.78 is 5.79. The normalized spacial score (nSPS) is 16.0. The standard InChI is InChI=1S/C32H38N4O3/c1-20-14-22(10-11-25(20)32(38)36(4)18-21(2)37)27-8-6-7-9-28-31(27)34-29(17-33-28)23-15-24-19-35(3)13-12-26(24)30(16-23)39-5/h8,10-11,14-17,21,37H,6-7,9,12-13,18-19H2,1-5H3/t21-/m0/s1. The maximum absolute atomic E-state index is 13.0. The zero-order chi connectivity index (χ0) is 27.7. The largest absolute Gasteiger partial charge is 0.496 e. The van der Waals surface area contributed by atoms with Crippen molar-refractivity contribution in [3.8, 4) is 17.0 Å². The number of likely N-dealkylation sites (N-methyl/N-ethyl adjacent to an activating group) is 2. The van der Waals surface area contributed by atoms with Crippen LogP contribution in [0.1, 0.15) is 63.8 Å². The van der Waals surface area contributed by atoms with Crippen molar-refractivity contribution >= 4 is 11.5 Å². The minimum atomic E-state index is -0.574. The fourth-order valence-electron chi connectivity index (χ4n) is 5.71. The number of hydrogen-bond donors (Lipinski definition) is 1. The molecule has 0 bridgehead atoms. The zero-order valence-electron chi connectivity index (χ0n) is 23.6. The van der Waals surface area contributed by atoms with Gasteiger partial charge in [-0.15, -0.1) is 0 Å². The van der Waals surface area contributed by atoms with E-state index in [1.807, 2.05) is 25.3 Å². The number of aryl methyl sites for hydroxylation is 2. The molecule has 1 aromatic heterocycles. The number of hydrogen-bond acceptors (Lipinski definition) is 6. The van der Waals surface area contributed by atoms with Crippen molar-refractivity contribution in [2.24, 2.45) is 0 Å². The molecule has 0 saturated heterocycles. The molecule has 39 heavy (non-hydrogen) atoms. The van der Waals surface area contributed by atoms with Crippen molar-refractivity contribution in [3.63, 3.8) is 0 Å². The third-order valence-corrected chi connectivity index (χ3v) is 7.72. The van der Waals surface area contributed by atoms with Crippen LogP contribution in [-0.2, 0) is 19.4 Å². The zero-order valence-corrected chi connectivity index (χ0v) is 23.6. The van der Waals surface area contributed by atoms with Crippen LogP contribution < -0.4 is 4.74 Å². The molecule has 7 heteroatoms. The molecule has 3 aromatic rings. The summed E-state index contributed by atoms with van der Waals surface area (Å²) in [5.74, 6) is 0.823. The van der Waals surface area contributed by atoms with Crippen LogP contribution >= 0.6 is 0 Å². The highest BCUT2D eigenvalue weighted by Gasteiger charge is 2.23. The van der Waals surface area contributed by atoms with E-state index >= 15 is 0 Å². The molecule has 0 saturated carbocycles. The average molecular weight is 527 g/mol. The van der Waals surface area contributed by atoms with Gasteiger partial charge in [0, 0.05) is 43.4 Å². The molecule has 204 valence electrons. The van der Waals surface area contributed by atoms with Crippen molar-refractivity contribution in [3.05, 3.63) is 81.8 Å². The highest BCUT2D eigenvalue weighted by Crippen LogP contribution is 2.35. The van der Waals surface area contributed by atoms with E-state index in [1.54, 1.807) is 26.0 Å². The number of amides is 1. The highest BCUT2D eigenvalue weighted by atomic mass is 16.5. The van der Waals surface area contributed by atoms with Gasteiger partial charge in [0.1, 0.15) is 5.75 Å². The maximum atomic E-state index is 13.0. The molecule has 5 rings (SSSR count). The molecule has 0 unspecified atom stereocenters. The highest BCUT2D eigenvalue weighted by molar-refractivity contribution is 5.96. The molecule has 1 atom stereocenters. The monoisotopic (exact) mass is 526 g/mol. The second-order valence-electron chi connectivity index (χ2n) is 10.9. The predicted molar refractivity (Wildman–Crippen MR) is 154 cm³/mol. The van der Waals surface area contributed by atoms with E-state index in [0.717, 1.165) is 83.9 Å². The molecular weight excluding hydrogens is 488 g/mol. The van der Waals surface area contributed by atoms with E-state index in [-0.39, 0.29) is 5.91 Å². The Morgan fingerprint density at radius 3 is 2.77 bits per heavy atom. The summed E-state index contributed by atoms with van der Waals surface area (Å²) in [5, 5.41) is 9.70. The van der Waals surface area contributed by atoms with Gasteiger partial charge in [-0.1, -0.05) is 18.2 Å². The minimum absolute atomic E-state index is 0.0933. The van der Waals surface area contributed by atoms with Gasteiger partial charge in [0.25, 0.3) is 5.91 Å². The molecule has 1 aliphatic heterocycles. The van der Waals surface area contributed by atoms with Crippen LogP contribution in [0.3, 0.4) is 0 Å². The fourth-order valence-corrected chi connectivity index (χ4v) is 5.71. The quantitative estimate of drug-likeness (QED) is 0.503. The van der Waals surface area contributed by atoms with Gasteiger partial charge in [-0.25, -0.2) is 4.98 Å². The Bertz CT molecular complexity index is 1430. The van der Waals surface area contributed by atoms with Gasteiger partial charge in [-0.05, 0) is 87.0 Å². The minimum Gasteiger partial charge on any atom is -0.496 e. The first-order valence-corrected chi connectivity index (χ1v) is 13.7. The topological polar surface area (TPSA) is 78.8 Å². The Hall–Kier alpha value is -3.55. The molecule has 1 aliphatic carbocycles. The van der Waals surface area contributed by atoms with Gasteiger partial charge in [0.2, 0.25) is 0 Å². The van der Waals surface area contributed by atoms with E-state index in [1.165, 1.54) is 11.1 Å². The Morgan fingerprint density at radius 2 is 2.03 bits per heavy atom. The molecule has 2 heterocycles. The number of nitrogens with zero attached hydrogens (tertiary/aromatic N) is 4. The summed E-state index contributed by atoms with van der Waals surface area (Å²) in [6.45, 7) is 5.85. The van der Waals surface area contributed by atoms with Crippen molar-refractivity contribution in [2.45, 2.75) is 52.2 Å². The summed E-state index contributed by atoms with van der Waals surface area (Å²) in [6, 6.07) is 10.3. The number of aliphatic hydroxyl groups is 1. The van der Waals surface area contributed by atoms with E-state index in [9.17, 15) is 9.90 Å². The Labute approximate surface area is 231 Å². The van der Waals surface area contributed by atoms with Gasteiger partial charge >= 0.3 is 0 Å². The predicted octanol–water partition coefficient (Wildman–Crippen LogP) is 4.67. The lowest BCUT2D eigenvalue weighted by Gasteiger charge is -2.27. The molecule has 2 aliphatic rings. The average Bonchev–Trinajstić information content (AvgIpc) is 3.13. The van der Waals surface area contributed by atoms with Crippen LogP contribution in [0.4, 0.5) is 0 Å². The Kier molecular flexibility index (Phi) is 7.82. The molecule has 0 spiro atoms. The summed E-state index contributed by atoms with van der Waals surface area (Å²) in [6.07, 6.45) is 7.38. The van der Waals surface area contributed by atoms with Crippen LogP contribution in [-0.4, -0.2) is 71.2 Å². The number of methoxy groups -OCH3 is 1. The lowest BCUT2D eigenvalue weighted by atomic mass is 9.94. The maximum Gasteiger partial charge on any atom is 0.253 e. The summed E-state index contributed by atoms with van der Waals surface area (Å²) in [5.41, 5.74) is 9.94. The summed E-state index contributed by atoms with van der Waals surface area (Å²) in [7, 11) is 5.60. The Morgan fingerprint density at radius 1 is 1.21 bits per heavy atom. The number of carbonyl (C=O) groups excluding carboxylic acids is 1. The van der Waals surface area contributed by atoms with Crippen LogP contribution in [0.15, 0.2) is 42.6 Å². The van der Waals surface area contributed by atoms with Gasteiger partial charge in [-0.2, -0.15) is 0 Å². The lowest BCUT2D eigenvalue weighted by molar-refractivity contribution is 0.0703. The number of benzene rings is 2. The first kappa shape index (κ1) is 27.0. The van der Waals surface area contributed by atoms with Crippen molar-refractivity contribution in [1.82, 2.24) is 19.8 Å². The van der Waals surface area contributed by atoms with Crippen LogP contribution in [0.25, 0.3) is 16.8 Å². The first-order valence-electron chi connectivity index (χ1n) is 13.7. The van der Waals surface area contributed by atoms with Crippen LogP contribution in [0.2, 0.25) is 0 Å². The molecule has 0 radical (unpaired) electrons. The number of allylic oxidation sites excluding steroid dienone is 1. The van der Waals surface area contributed by atoms with E-state index in [2.05, 4.69) is 36.2 Å². The number of carbonyl (C=O) groups is 1. The SMILES string of the molecule is COc1cc(-c2cnc3c(n2)C(c2ccc(C(=O)N(C)C[C@H](C)O)c(C)c2)=CCCC3)cc2c1CCN(C)C2. The third kappa shape index (κ3) is 5.60. The molecule has 7 nitrogen and oxygen atoms in total. The van der Waals surface area contributed by atoms with Crippen molar-refractivity contribution in [1.29, 1.82) is 0 Å². The second-order valence-corrected chi connectivity index (χ2v) is 10.9. The summed E-state index contributed by atoms with van der Waals surface area (Å²) in [4.78, 5) is 27.0. The number of fused-ring (bicyclic) bond motifs is 2. The van der Waals surface area contributed by atoms with Crippen molar-refractivity contribution in [2.75, 3.05) is 34.3 Å². The molecule has 1 N–H and O–H groups in total. The molecule has 0 fully saturated rings. The number of aliphatic hydroxyl groups excluding tert-OH is 1. The van der Waals surface area contributed by atoms with Gasteiger partial charge in [0.05, 0.1) is 36.5 Å². The Balaban J connectivity index is 1.52. The van der Waals surface area contributed by atoms with Gasteiger partial charge in [-0.3, -0.25) is 9.78 Å². The van der Waals surface area contributed by atoms with E-state index < -0.39 is 6.10 Å². The van der Waals surface area contributed by atoms with E-state index in [0.29, 0.717) is 12.1 Å². The smallest absolute Gasteiger partial charge is 0.253 e.